The van der Waals surface area contributed by atoms with Crippen molar-refractivity contribution in [2.24, 2.45) is 0 Å². The van der Waals surface area contributed by atoms with Crippen molar-refractivity contribution in [2.45, 2.75) is 24.7 Å². The summed E-state index contributed by atoms with van der Waals surface area (Å²) in [5.74, 6) is -0.895. The lowest BCUT2D eigenvalue weighted by atomic mass is 9.76. The van der Waals surface area contributed by atoms with Crippen LogP contribution in [0.1, 0.15) is 38.8 Å². The molecule has 3 atom stereocenters. The zero-order chi connectivity index (χ0) is 17.1. The van der Waals surface area contributed by atoms with Crippen LogP contribution in [0.5, 0.6) is 0 Å². The molecule has 2 aromatic rings. The van der Waals surface area contributed by atoms with Crippen LogP contribution in [0.3, 0.4) is 0 Å². The van der Waals surface area contributed by atoms with E-state index < -0.39 is 24.3 Å². The standard InChI is InChI=1S/C19H12O5S/c20-13-7-12-19(24-13)15-14(18(23-12)9-5-6-25-8-9)16(21)10-3-1-2-4-11(10)17(15)22/h1-6,8,12,18-19H,7H2/t12-,18+,19+/m1/s1. The largest absolute Gasteiger partial charge is 0.454 e. The highest BCUT2D eigenvalue weighted by Gasteiger charge is 2.52. The summed E-state index contributed by atoms with van der Waals surface area (Å²) in [6.07, 6.45) is -1.91. The van der Waals surface area contributed by atoms with Gasteiger partial charge in [-0.15, -0.1) is 0 Å². The van der Waals surface area contributed by atoms with Crippen LogP contribution in [0, 0.1) is 0 Å². The average molecular weight is 352 g/mol. The Labute approximate surface area is 146 Å². The van der Waals surface area contributed by atoms with Gasteiger partial charge in [0.25, 0.3) is 0 Å². The Hall–Kier alpha value is -2.57. The third-order valence-corrected chi connectivity index (χ3v) is 5.56. The molecule has 3 aliphatic rings. The molecule has 25 heavy (non-hydrogen) atoms. The van der Waals surface area contributed by atoms with Crippen molar-refractivity contribution in [2.75, 3.05) is 0 Å². The zero-order valence-corrected chi connectivity index (χ0v) is 13.7. The fraction of sp³-hybridized carbons (Fsp3) is 0.211. The number of carbonyl (C=O) groups is 3. The van der Waals surface area contributed by atoms with Crippen LogP contribution in [0.15, 0.2) is 52.2 Å². The molecule has 5 nitrogen and oxygen atoms in total. The highest BCUT2D eigenvalue weighted by Crippen LogP contribution is 2.46. The fourth-order valence-corrected chi connectivity index (χ4v) is 4.44. The Bertz CT molecular complexity index is 956. The van der Waals surface area contributed by atoms with Gasteiger partial charge in [0.2, 0.25) is 0 Å². The van der Waals surface area contributed by atoms with Crippen molar-refractivity contribution >= 4 is 28.9 Å². The second-order valence-corrected chi connectivity index (χ2v) is 7.04. The molecular formula is C19H12O5S. The molecule has 5 rings (SSSR count). The van der Waals surface area contributed by atoms with E-state index >= 15 is 0 Å². The molecule has 0 spiro atoms. The highest BCUT2D eigenvalue weighted by atomic mass is 32.1. The summed E-state index contributed by atoms with van der Waals surface area (Å²) in [4.78, 5) is 38.0. The minimum absolute atomic E-state index is 0.0885. The Kier molecular flexibility index (Phi) is 3.07. The molecule has 0 radical (unpaired) electrons. The Morgan fingerprint density at radius 3 is 2.36 bits per heavy atom. The van der Waals surface area contributed by atoms with Crippen molar-refractivity contribution in [3.05, 3.63) is 68.9 Å². The SMILES string of the molecule is O=C1C[C@H]2O[C@@H](c3ccsc3)C3=C(C(=O)c4ccccc4C3=O)[C@H]2O1. The third-order valence-electron chi connectivity index (χ3n) is 4.86. The minimum atomic E-state index is -0.804. The number of hydrogen-bond donors (Lipinski definition) is 0. The number of fused-ring (bicyclic) bond motifs is 3. The van der Waals surface area contributed by atoms with E-state index in [1.165, 1.54) is 11.3 Å². The number of ether oxygens (including phenoxy) is 2. The van der Waals surface area contributed by atoms with Gasteiger partial charge in [-0.05, 0) is 22.4 Å². The molecule has 0 N–H and O–H groups in total. The summed E-state index contributed by atoms with van der Waals surface area (Å²) >= 11 is 1.49. The Morgan fingerprint density at radius 1 is 0.960 bits per heavy atom. The summed E-state index contributed by atoms with van der Waals surface area (Å²) in [7, 11) is 0. The van der Waals surface area contributed by atoms with Crippen LogP contribution in [0.2, 0.25) is 0 Å². The van der Waals surface area contributed by atoms with Gasteiger partial charge >= 0.3 is 5.97 Å². The van der Waals surface area contributed by atoms with Gasteiger partial charge in [-0.2, -0.15) is 11.3 Å². The quantitative estimate of drug-likeness (QED) is 0.738. The smallest absolute Gasteiger partial charge is 0.309 e. The van der Waals surface area contributed by atoms with E-state index in [4.69, 9.17) is 9.47 Å². The monoisotopic (exact) mass is 352 g/mol. The first-order valence-electron chi connectivity index (χ1n) is 7.94. The molecule has 0 amide bonds. The molecule has 0 unspecified atom stereocenters. The molecule has 1 aromatic carbocycles. The first-order chi connectivity index (χ1) is 12.1. The van der Waals surface area contributed by atoms with E-state index in [9.17, 15) is 14.4 Å². The fourth-order valence-electron chi connectivity index (χ4n) is 3.77. The lowest BCUT2D eigenvalue weighted by Gasteiger charge is -2.36. The van der Waals surface area contributed by atoms with Crippen LogP contribution in [-0.4, -0.2) is 29.7 Å². The maximum Gasteiger partial charge on any atom is 0.309 e. The third kappa shape index (κ3) is 2.01. The van der Waals surface area contributed by atoms with Crippen molar-refractivity contribution in [3.8, 4) is 0 Å². The predicted octanol–water partition coefficient (Wildman–Crippen LogP) is 2.88. The van der Waals surface area contributed by atoms with Gasteiger partial charge in [0.1, 0.15) is 12.2 Å². The summed E-state index contributed by atoms with van der Waals surface area (Å²) in [6, 6.07) is 8.62. The van der Waals surface area contributed by atoms with Gasteiger partial charge in [-0.1, -0.05) is 24.3 Å². The molecule has 1 saturated heterocycles. The predicted molar refractivity (Wildman–Crippen MR) is 88.6 cm³/mol. The van der Waals surface area contributed by atoms with Gasteiger partial charge in [0.15, 0.2) is 17.7 Å². The molecule has 2 aliphatic heterocycles. The second-order valence-electron chi connectivity index (χ2n) is 6.26. The van der Waals surface area contributed by atoms with Gasteiger partial charge in [0, 0.05) is 16.7 Å². The molecule has 1 fully saturated rings. The summed E-state index contributed by atoms with van der Waals surface area (Å²) in [5.41, 5.74) is 2.13. The van der Waals surface area contributed by atoms with Crippen molar-refractivity contribution in [1.29, 1.82) is 0 Å². The van der Waals surface area contributed by atoms with Crippen LogP contribution < -0.4 is 0 Å². The van der Waals surface area contributed by atoms with Crippen LogP contribution in [-0.2, 0) is 14.3 Å². The van der Waals surface area contributed by atoms with Crippen LogP contribution in [0.4, 0.5) is 0 Å². The lowest BCUT2D eigenvalue weighted by Crippen LogP contribution is -2.42. The second kappa shape index (κ2) is 5.21. The normalized spacial score (nSPS) is 27.7. The maximum atomic E-state index is 13.1. The van der Waals surface area contributed by atoms with E-state index in [-0.39, 0.29) is 23.6 Å². The number of hydrogen-bond acceptors (Lipinski definition) is 6. The first-order valence-corrected chi connectivity index (χ1v) is 8.89. The van der Waals surface area contributed by atoms with Gasteiger partial charge in [-0.25, -0.2) is 0 Å². The number of ketones is 2. The number of benzene rings is 1. The van der Waals surface area contributed by atoms with Crippen molar-refractivity contribution in [3.63, 3.8) is 0 Å². The molecule has 0 saturated carbocycles. The van der Waals surface area contributed by atoms with Crippen molar-refractivity contribution < 1.29 is 23.9 Å². The van der Waals surface area contributed by atoms with E-state index in [1.54, 1.807) is 24.3 Å². The topological polar surface area (TPSA) is 69.7 Å². The first kappa shape index (κ1) is 14.7. The molecule has 124 valence electrons. The van der Waals surface area contributed by atoms with Gasteiger partial charge < -0.3 is 9.47 Å². The molecule has 1 aromatic heterocycles. The van der Waals surface area contributed by atoms with E-state index in [1.807, 2.05) is 16.8 Å². The number of Topliss-reactive ketones (excluding diaryl/α,β-unsaturated/α-hetero) is 2. The maximum absolute atomic E-state index is 13.1. The summed E-state index contributed by atoms with van der Waals surface area (Å²) in [5, 5.41) is 3.79. The summed E-state index contributed by atoms with van der Waals surface area (Å²) < 4.78 is 11.4. The van der Waals surface area contributed by atoms with Crippen molar-refractivity contribution in [1.82, 2.24) is 0 Å². The Morgan fingerprint density at radius 2 is 1.68 bits per heavy atom. The average Bonchev–Trinajstić information content (AvgIpc) is 3.26. The van der Waals surface area contributed by atoms with E-state index in [2.05, 4.69) is 0 Å². The number of carbonyl (C=O) groups excluding carboxylic acids is 3. The lowest BCUT2D eigenvalue weighted by molar-refractivity contribution is -0.140. The highest BCUT2D eigenvalue weighted by molar-refractivity contribution is 7.08. The van der Waals surface area contributed by atoms with E-state index in [0.29, 0.717) is 16.7 Å². The van der Waals surface area contributed by atoms with Crippen LogP contribution >= 0.6 is 11.3 Å². The Balaban J connectivity index is 1.75. The number of esters is 1. The van der Waals surface area contributed by atoms with Crippen LogP contribution in [0.25, 0.3) is 0 Å². The zero-order valence-electron chi connectivity index (χ0n) is 12.9. The van der Waals surface area contributed by atoms with Gasteiger partial charge in [0.05, 0.1) is 12.0 Å². The molecule has 6 heteroatoms. The van der Waals surface area contributed by atoms with Gasteiger partial charge in [-0.3, -0.25) is 14.4 Å². The number of thiophene rings is 1. The molecule has 1 aliphatic carbocycles. The molecule has 0 bridgehead atoms. The minimum Gasteiger partial charge on any atom is -0.454 e. The summed E-state index contributed by atoms with van der Waals surface area (Å²) in [6.45, 7) is 0. The molecule has 3 heterocycles. The molecular weight excluding hydrogens is 340 g/mol. The number of rotatable bonds is 1. The van der Waals surface area contributed by atoms with E-state index in [0.717, 1.165) is 5.56 Å².